The monoisotopic (exact) mass is 258 g/mol. The molecular weight excluding hydrogens is 243 g/mol. The molecule has 0 saturated heterocycles. The normalized spacial score (nSPS) is 12.4. The average molecular weight is 258 g/mol. The lowest BCUT2D eigenvalue weighted by Crippen LogP contribution is -2.03. The van der Waals surface area contributed by atoms with E-state index in [2.05, 4.69) is 0 Å². The Morgan fingerprint density at radius 2 is 2.29 bits per heavy atom. The van der Waals surface area contributed by atoms with Crippen molar-refractivity contribution in [2.45, 2.75) is 23.5 Å². The van der Waals surface area contributed by atoms with Crippen LogP contribution in [0.4, 0.5) is 4.39 Å². The van der Waals surface area contributed by atoms with Crippen LogP contribution in [-0.4, -0.2) is 30.0 Å². The van der Waals surface area contributed by atoms with Crippen molar-refractivity contribution in [2.75, 3.05) is 13.7 Å². The van der Waals surface area contributed by atoms with Gasteiger partial charge in [-0.25, -0.2) is 9.18 Å². The molecule has 0 fully saturated rings. The lowest BCUT2D eigenvalue weighted by molar-refractivity contribution is 0.0696. The number of carbonyl (C=O) groups is 1. The summed E-state index contributed by atoms with van der Waals surface area (Å²) in [6, 6.07) is 3.82. The fourth-order valence-electron chi connectivity index (χ4n) is 1.29. The molecule has 5 heteroatoms. The average Bonchev–Trinajstić information content (AvgIpc) is 2.29. The minimum atomic E-state index is -1.05. The molecule has 0 bridgehead atoms. The Labute approximate surface area is 104 Å². The van der Waals surface area contributed by atoms with E-state index < -0.39 is 5.97 Å². The highest BCUT2D eigenvalue weighted by molar-refractivity contribution is 8.00. The van der Waals surface area contributed by atoms with Crippen LogP contribution in [0.3, 0.4) is 0 Å². The van der Waals surface area contributed by atoms with Crippen LogP contribution >= 0.6 is 11.8 Å². The molecule has 0 aliphatic rings. The highest BCUT2D eigenvalue weighted by atomic mass is 32.2. The third kappa shape index (κ3) is 4.36. The minimum Gasteiger partial charge on any atom is -0.478 e. The second kappa shape index (κ2) is 6.61. The van der Waals surface area contributed by atoms with Gasteiger partial charge in [-0.2, -0.15) is 0 Å². The number of carboxylic acid groups (broad SMARTS) is 1. The van der Waals surface area contributed by atoms with E-state index in [0.717, 1.165) is 6.42 Å². The second-order valence-corrected chi connectivity index (χ2v) is 5.14. The molecule has 1 aromatic rings. The number of thioether (sulfide) groups is 1. The minimum absolute atomic E-state index is 0.104. The van der Waals surface area contributed by atoms with Crippen LogP contribution in [0, 0.1) is 5.82 Å². The molecule has 0 aromatic heterocycles. The summed E-state index contributed by atoms with van der Waals surface area (Å²) in [6.07, 6.45) is 0.790. The maximum absolute atomic E-state index is 13.5. The SMILES string of the molecule is COCCC(C)Sc1cc(C(=O)O)ccc1F. The Bertz CT molecular complexity index is 395. The number of halogens is 1. The lowest BCUT2D eigenvalue weighted by Gasteiger charge is -2.11. The number of rotatable bonds is 6. The number of benzene rings is 1. The molecule has 0 saturated carbocycles. The second-order valence-electron chi connectivity index (χ2n) is 3.66. The first-order chi connectivity index (χ1) is 8.04. The van der Waals surface area contributed by atoms with Gasteiger partial charge in [0.2, 0.25) is 0 Å². The topological polar surface area (TPSA) is 46.5 Å². The number of methoxy groups -OCH3 is 1. The van der Waals surface area contributed by atoms with E-state index in [9.17, 15) is 9.18 Å². The third-order valence-corrected chi connectivity index (χ3v) is 3.44. The molecule has 0 spiro atoms. The molecule has 3 nitrogen and oxygen atoms in total. The van der Waals surface area contributed by atoms with Gasteiger partial charge in [-0.3, -0.25) is 0 Å². The summed E-state index contributed by atoms with van der Waals surface area (Å²) < 4.78 is 18.4. The fraction of sp³-hybridized carbons (Fsp3) is 0.417. The van der Waals surface area contributed by atoms with E-state index in [1.165, 1.54) is 30.0 Å². The summed E-state index contributed by atoms with van der Waals surface area (Å²) in [7, 11) is 1.61. The van der Waals surface area contributed by atoms with Gasteiger partial charge in [-0.1, -0.05) is 6.92 Å². The molecule has 0 radical (unpaired) electrons. The Morgan fingerprint density at radius 3 is 2.88 bits per heavy atom. The van der Waals surface area contributed by atoms with Crippen LogP contribution in [0.1, 0.15) is 23.7 Å². The van der Waals surface area contributed by atoms with Crippen molar-refractivity contribution in [1.29, 1.82) is 0 Å². The van der Waals surface area contributed by atoms with Crippen LogP contribution in [-0.2, 0) is 4.74 Å². The van der Waals surface area contributed by atoms with Crippen molar-refractivity contribution in [3.05, 3.63) is 29.6 Å². The first-order valence-electron chi connectivity index (χ1n) is 5.23. The highest BCUT2D eigenvalue weighted by Crippen LogP contribution is 2.28. The molecule has 0 heterocycles. The molecule has 17 heavy (non-hydrogen) atoms. The van der Waals surface area contributed by atoms with E-state index in [-0.39, 0.29) is 16.6 Å². The van der Waals surface area contributed by atoms with Crippen molar-refractivity contribution < 1.29 is 19.0 Å². The van der Waals surface area contributed by atoms with Crippen molar-refractivity contribution in [3.63, 3.8) is 0 Å². The van der Waals surface area contributed by atoms with Gasteiger partial charge in [0, 0.05) is 23.9 Å². The largest absolute Gasteiger partial charge is 0.478 e. The summed E-state index contributed by atoms with van der Waals surface area (Å²) in [6.45, 7) is 2.56. The van der Waals surface area contributed by atoms with Gasteiger partial charge in [0.1, 0.15) is 5.82 Å². The van der Waals surface area contributed by atoms with Gasteiger partial charge in [0.15, 0.2) is 0 Å². The van der Waals surface area contributed by atoms with Crippen LogP contribution < -0.4 is 0 Å². The summed E-state index contributed by atoms with van der Waals surface area (Å²) in [5.41, 5.74) is 0.104. The maximum Gasteiger partial charge on any atom is 0.335 e. The summed E-state index contributed by atoms with van der Waals surface area (Å²) in [4.78, 5) is 11.1. The highest BCUT2D eigenvalue weighted by Gasteiger charge is 2.12. The predicted octanol–water partition coefficient (Wildman–Crippen LogP) is 3.04. The van der Waals surface area contributed by atoms with Gasteiger partial charge < -0.3 is 9.84 Å². The molecule has 0 aliphatic carbocycles. The molecule has 1 atom stereocenters. The molecule has 94 valence electrons. The van der Waals surface area contributed by atoms with Crippen molar-refractivity contribution in [2.24, 2.45) is 0 Å². The maximum atomic E-state index is 13.5. The van der Waals surface area contributed by atoms with Crippen molar-refractivity contribution in [1.82, 2.24) is 0 Å². The molecule has 1 N–H and O–H groups in total. The summed E-state index contributed by atoms with van der Waals surface area (Å²) >= 11 is 1.32. The first-order valence-corrected chi connectivity index (χ1v) is 6.11. The molecule has 0 aliphatic heterocycles. The zero-order valence-electron chi connectivity index (χ0n) is 9.77. The van der Waals surface area contributed by atoms with Crippen LogP contribution in [0.5, 0.6) is 0 Å². The molecule has 0 amide bonds. The van der Waals surface area contributed by atoms with Gasteiger partial charge in [0.05, 0.1) is 5.56 Å². The van der Waals surface area contributed by atoms with Gasteiger partial charge in [-0.05, 0) is 24.6 Å². The van der Waals surface area contributed by atoms with Crippen LogP contribution in [0.15, 0.2) is 23.1 Å². The summed E-state index contributed by atoms with van der Waals surface area (Å²) in [5, 5.41) is 9.00. The third-order valence-electron chi connectivity index (χ3n) is 2.23. The number of carboxylic acids is 1. The molecule has 1 aromatic carbocycles. The predicted molar refractivity (Wildman–Crippen MR) is 65.2 cm³/mol. The number of hydrogen-bond donors (Lipinski definition) is 1. The zero-order valence-corrected chi connectivity index (χ0v) is 10.6. The number of hydrogen-bond acceptors (Lipinski definition) is 3. The van der Waals surface area contributed by atoms with Gasteiger partial charge in [0.25, 0.3) is 0 Å². The van der Waals surface area contributed by atoms with Gasteiger partial charge in [-0.15, -0.1) is 11.8 Å². The van der Waals surface area contributed by atoms with Crippen LogP contribution in [0.25, 0.3) is 0 Å². The first kappa shape index (κ1) is 14.0. The molecular formula is C12H15FO3S. The van der Waals surface area contributed by atoms with E-state index in [1.807, 2.05) is 6.92 Å². The van der Waals surface area contributed by atoms with Gasteiger partial charge >= 0.3 is 5.97 Å². The Balaban J connectivity index is 2.75. The van der Waals surface area contributed by atoms with Crippen LogP contribution in [0.2, 0.25) is 0 Å². The van der Waals surface area contributed by atoms with E-state index in [0.29, 0.717) is 11.5 Å². The van der Waals surface area contributed by atoms with E-state index in [4.69, 9.17) is 9.84 Å². The Hall–Kier alpha value is -1.07. The Kier molecular flexibility index (Phi) is 5.44. The number of ether oxygens (including phenoxy) is 1. The zero-order chi connectivity index (χ0) is 12.8. The molecule has 1 rings (SSSR count). The summed E-state index contributed by atoms with van der Waals surface area (Å²) in [5.74, 6) is -1.43. The Morgan fingerprint density at radius 1 is 1.59 bits per heavy atom. The molecule has 1 unspecified atom stereocenters. The van der Waals surface area contributed by atoms with E-state index >= 15 is 0 Å². The smallest absolute Gasteiger partial charge is 0.335 e. The lowest BCUT2D eigenvalue weighted by atomic mass is 10.2. The van der Waals surface area contributed by atoms with Crippen molar-refractivity contribution in [3.8, 4) is 0 Å². The van der Waals surface area contributed by atoms with Crippen molar-refractivity contribution >= 4 is 17.7 Å². The number of aromatic carboxylic acids is 1. The quantitative estimate of drug-likeness (QED) is 0.797. The van der Waals surface area contributed by atoms with E-state index in [1.54, 1.807) is 7.11 Å². The fourth-order valence-corrected chi connectivity index (χ4v) is 2.31. The standard InChI is InChI=1S/C12H15FO3S/c1-8(5-6-16-2)17-11-7-9(12(14)15)3-4-10(11)13/h3-4,7-8H,5-6H2,1-2H3,(H,14,15).